The third kappa shape index (κ3) is 5.30. The van der Waals surface area contributed by atoms with E-state index in [4.69, 9.17) is 0 Å². The molecule has 8 heteroatoms. The molecule has 0 fully saturated rings. The number of hydrogen-bond acceptors (Lipinski definition) is 4. The molecule has 0 saturated heterocycles. The number of benzene rings is 1. The van der Waals surface area contributed by atoms with Crippen molar-refractivity contribution in [3.05, 3.63) is 36.5 Å². The van der Waals surface area contributed by atoms with Gasteiger partial charge in [-0.3, -0.25) is 4.98 Å². The molecule has 0 saturated carbocycles. The zero-order valence-electron chi connectivity index (χ0n) is 12.2. The summed E-state index contributed by atoms with van der Waals surface area (Å²) in [6.45, 7) is 0.659. The summed E-state index contributed by atoms with van der Waals surface area (Å²) < 4.78 is 24.1. The Kier molecular flexibility index (Phi) is 5.29. The number of anilines is 1. The molecular weight excluding hydrogens is 304 g/mol. The van der Waals surface area contributed by atoms with Crippen molar-refractivity contribution in [1.82, 2.24) is 15.0 Å². The van der Waals surface area contributed by atoms with E-state index in [0.717, 1.165) is 17.2 Å². The maximum absolute atomic E-state index is 11.7. The smallest absolute Gasteiger partial charge is 0.319 e. The first-order chi connectivity index (χ1) is 10.4. The summed E-state index contributed by atoms with van der Waals surface area (Å²) in [6.07, 6.45) is 3.20. The van der Waals surface area contributed by atoms with Crippen molar-refractivity contribution in [2.75, 3.05) is 24.7 Å². The molecule has 0 aliphatic heterocycles. The third-order valence-corrected chi connectivity index (χ3v) is 3.58. The standard InChI is InChI=1S/C14H18N4O3S/c1-22(20,21)17-8-4-7-15-14(19)18-12-9-11-5-2-3-6-13(11)16-10-12/h2-3,5-6,9-10,17H,4,7-8H2,1H3,(H2,15,18,19). The number of nitrogens with one attached hydrogen (secondary N) is 3. The molecule has 0 aliphatic rings. The van der Waals surface area contributed by atoms with Crippen molar-refractivity contribution in [2.24, 2.45) is 0 Å². The summed E-state index contributed by atoms with van der Waals surface area (Å²) in [5.41, 5.74) is 1.46. The van der Waals surface area contributed by atoms with Gasteiger partial charge in [-0.1, -0.05) is 18.2 Å². The molecule has 0 aliphatic carbocycles. The highest BCUT2D eigenvalue weighted by atomic mass is 32.2. The second kappa shape index (κ2) is 7.19. The van der Waals surface area contributed by atoms with Gasteiger partial charge in [0.1, 0.15) is 0 Å². The summed E-state index contributed by atoms with van der Waals surface area (Å²) in [5.74, 6) is 0. The number of carbonyl (C=O) groups excluding carboxylic acids is 1. The monoisotopic (exact) mass is 322 g/mol. The molecule has 0 unspecified atom stereocenters. The number of hydrogen-bond donors (Lipinski definition) is 3. The van der Waals surface area contributed by atoms with Crippen molar-refractivity contribution in [2.45, 2.75) is 6.42 Å². The number of pyridine rings is 1. The maximum atomic E-state index is 11.7. The van der Waals surface area contributed by atoms with E-state index in [1.807, 2.05) is 30.3 Å². The van der Waals surface area contributed by atoms with Gasteiger partial charge < -0.3 is 10.6 Å². The fourth-order valence-corrected chi connectivity index (χ4v) is 2.38. The summed E-state index contributed by atoms with van der Waals surface area (Å²) in [5, 5.41) is 6.29. The van der Waals surface area contributed by atoms with Crippen LogP contribution in [0.3, 0.4) is 0 Å². The average molecular weight is 322 g/mol. The topological polar surface area (TPSA) is 100 Å². The van der Waals surface area contributed by atoms with Crippen LogP contribution in [0.2, 0.25) is 0 Å². The highest BCUT2D eigenvalue weighted by Gasteiger charge is 2.03. The lowest BCUT2D eigenvalue weighted by Crippen LogP contribution is -2.32. The van der Waals surface area contributed by atoms with Crippen LogP contribution in [0.1, 0.15) is 6.42 Å². The van der Waals surface area contributed by atoms with Crippen molar-refractivity contribution >= 4 is 32.6 Å². The fraction of sp³-hybridized carbons (Fsp3) is 0.286. The van der Waals surface area contributed by atoms with Gasteiger partial charge in [0, 0.05) is 18.5 Å². The molecule has 1 aromatic heterocycles. The Morgan fingerprint density at radius 2 is 2.00 bits per heavy atom. The predicted octanol–water partition coefficient (Wildman–Crippen LogP) is 1.30. The number of nitrogens with zero attached hydrogens (tertiary/aromatic N) is 1. The minimum Gasteiger partial charge on any atom is -0.338 e. The SMILES string of the molecule is CS(=O)(=O)NCCCNC(=O)Nc1cnc2ccccc2c1. The van der Waals surface area contributed by atoms with Crippen LogP contribution in [-0.2, 0) is 10.0 Å². The Morgan fingerprint density at radius 3 is 2.77 bits per heavy atom. The van der Waals surface area contributed by atoms with Gasteiger partial charge in [0.2, 0.25) is 10.0 Å². The summed E-state index contributed by atoms with van der Waals surface area (Å²) in [4.78, 5) is 16.0. The van der Waals surface area contributed by atoms with Gasteiger partial charge in [-0.05, 0) is 18.6 Å². The zero-order chi connectivity index (χ0) is 16.0. The number of para-hydroxylation sites is 1. The third-order valence-electron chi connectivity index (χ3n) is 2.85. The van der Waals surface area contributed by atoms with Gasteiger partial charge >= 0.3 is 6.03 Å². The molecule has 2 amide bonds. The van der Waals surface area contributed by atoms with E-state index in [9.17, 15) is 13.2 Å². The van der Waals surface area contributed by atoms with Crippen LogP contribution < -0.4 is 15.4 Å². The Morgan fingerprint density at radius 1 is 1.23 bits per heavy atom. The van der Waals surface area contributed by atoms with E-state index in [1.165, 1.54) is 0 Å². The summed E-state index contributed by atoms with van der Waals surface area (Å²) in [7, 11) is -3.18. The van der Waals surface area contributed by atoms with Crippen molar-refractivity contribution < 1.29 is 13.2 Å². The van der Waals surface area contributed by atoms with E-state index in [0.29, 0.717) is 18.7 Å². The first kappa shape index (κ1) is 16.2. The number of sulfonamides is 1. The number of aromatic nitrogens is 1. The molecule has 0 atom stereocenters. The Balaban J connectivity index is 1.78. The Bertz CT molecular complexity index is 762. The molecule has 7 nitrogen and oxygen atoms in total. The highest BCUT2D eigenvalue weighted by molar-refractivity contribution is 7.88. The van der Waals surface area contributed by atoms with Crippen LogP contribution in [0.15, 0.2) is 36.5 Å². The number of amides is 2. The molecule has 2 rings (SSSR count). The van der Waals surface area contributed by atoms with Crippen molar-refractivity contribution in [3.63, 3.8) is 0 Å². The van der Waals surface area contributed by atoms with Gasteiger partial charge in [-0.25, -0.2) is 17.9 Å². The Labute approximate surface area is 129 Å². The van der Waals surface area contributed by atoms with Gasteiger partial charge in [-0.15, -0.1) is 0 Å². The van der Waals surface area contributed by atoms with Crippen LogP contribution in [0.4, 0.5) is 10.5 Å². The largest absolute Gasteiger partial charge is 0.338 e. The van der Waals surface area contributed by atoms with Crippen LogP contribution in [0.25, 0.3) is 10.9 Å². The number of fused-ring (bicyclic) bond motifs is 1. The first-order valence-electron chi connectivity index (χ1n) is 6.78. The van der Waals surface area contributed by atoms with Crippen molar-refractivity contribution in [1.29, 1.82) is 0 Å². The van der Waals surface area contributed by atoms with Crippen LogP contribution >= 0.6 is 0 Å². The van der Waals surface area contributed by atoms with E-state index < -0.39 is 10.0 Å². The molecule has 0 bridgehead atoms. The molecule has 1 aromatic carbocycles. The predicted molar refractivity (Wildman–Crippen MR) is 86.2 cm³/mol. The molecular formula is C14H18N4O3S. The maximum Gasteiger partial charge on any atom is 0.319 e. The van der Waals surface area contributed by atoms with Crippen LogP contribution in [0.5, 0.6) is 0 Å². The summed E-state index contributed by atoms with van der Waals surface area (Å²) >= 11 is 0. The summed E-state index contributed by atoms with van der Waals surface area (Å²) in [6, 6.07) is 9.11. The van der Waals surface area contributed by atoms with Crippen LogP contribution in [-0.4, -0.2) is 38.8 Å². The lowest BCUT2D eigenvalue weighted by molar-refractivity contribution is 0.252. The normalized spacial score (nSPS) is 11.3. The van der Waals surface area contributed by atoms with E-state index in [-0.39, 0.29) is 12.6 Å². The van der Waals surface area contributed by atoms with Gasteiger partial charge in [0.05, 0.1) is 23.7 Å². The van der Waals surface area contributed by atoms with E-state index in [2.05, 4.69) is 20.3 Å². The molecule has 22 heavy (non-hydrogen) atoms. The molecule has 3 N–H and O–H groups in total. The molecule has 118 valence electrons. The molecule has 1 heterocycles. The quantitative estimate of drug-likeness (QED) is 0.698. The fourth-order valence-electron chi connectivity index (χ4n) is 1.86. The average Bonchev–Trinajstić information content (AvgIpc) is 2.45. The van der Waals surface area contributed by atoms with Gasteiger partial charge in [0.15, 0.2) is 0 Å². The lowest BCUT2D eigenvalue weighted by atomic mass is 10.2. The molecule has 0 spiro atoms. The zero-order valence-corrected chi connectivity index (χ0v) is 13.0. The molecule has 2 aromatic rings. The second-order valence-corrected chi connectivity index (χ2v) is 6.65. The number of rotatable bonds is 6. The van der Waals surface area contributed by atoms with Gasteiger partial charge in [-0.2, -0.15) is 0 Å². The minimum atomic E-state index is -3.18. The van der Waals surface area contributed by atoms with Gasteiger partial charge in [0.25, 0.3) is 0 Å². The highest BCUT2D eigenvalue weighted by Crippen LogP contribution is 2.15. The number of urea groups is 1. The lowest BCUT2D eigenvalue weighted by Gasteiger charge is -2.08. The second-order valence-electron chi connectivity index (χ2n) is 4.82. The van der Waals surface area contributed by atoms with E-state index in [1.54, 1.807) is 6.20 Å². The van der Waals surface area contributed by atoms with Crippen molar-refractivity contribution in [3.8, 4) is 0 Å². The van der Waals surface area contributed by atoms with E-state index >= 15 is 0 Å². The molecule has 0 radical (unpaired) electrons. The number of carbonyl (C=O) groups is 1. The Hall–Kier alpha value is -2.19. The first-order valence-corrected chi connectivity index (χ1v) is 8.67. The van der Waals surface area contributed by atoms with Crippen LogP contribution in [0, 0.1) is 0 Å². The minimum absolute atomic E-state index is 0.288.